The zero-order valence-electron chi connectivity index (χ0n) is 26.0. The van der Waals surface area contributed by atoms with E-state index in [1.807, 2.05) is 60.8 Å². The van der Waals surface area contributed by atoms with Crippen LogP contribution in [0, 0.1) is 25.0 Å². The summed E-state index contributed by atoms with van der Waals surface area (Å²) in [4.78, 5) is 9.04. The number of fused-ring (bicyclic) bond motifs is 3. The first-order chi connectivity index (χ1) is 21.5. The first-order valence-electron chi connectivity index (χ1n) is 15.2. The maximum absolute atomic E-state index is 5.97. The fraction of sp³-hybridized carbons (Fsp3) is 0.171. The quantitative estimate of drug-likeness (QED) is 0.158. The molecule has 7 aromatic rings. The van der Waals surface area contributed by atoms with Crippen LogP contribution in [0.2, 0.25) is 0 Å². The molecule has 0 N–H and O–H groups in total. The maximum Gasteiger partial charge on any atom is 0.120 e. The molecule has 1 unspecified atom stereocenters. The summed E-state index contributed by atoms with van der Waals surface area (Å²) in [6.45, 7) is 8.91. The monoisotopic (exact) mass is 765 g/mol. The molecular formula is C41H36IrN2O-2. The van der Waals surface area contributed by atoms with Crippen molar-refractivity contribution < 1.29 is 24.5 Å². The Morgan fingerprint density at radius 2 is 1.47 bits per heavy atom. The van der Waals surface area contributed by atoms with Gasteiger partial charge in [0.15, 0.2) is 0 Å². The van der Waals surface area contributed by atoms with E-state index in [1.165, 1.54) is 22.3 Å². The Hall–Kier alpha value is -4.37. The number of aryl methyl sites for hydroxylation is 1. The van der Waals surface area contributed by atoms with Gasteiger partial charge in [-0.3, -0.25) is 0 Å². The zero-order valence-corrected chi connectivity index (χ0v) is 28.4. The van der Waals surface area contributed by atoms with Gasteiger partial charge in [-0.25, -0.2) is 0 Å². The average molecular weight is 765 g/mol. The van der Waals surface area contributed by atoms with Gasteiger partial charge in [0.05, 0.1) is 5.58 Å². The second-order valence-corrected chi connectivity index (χ2v) is 11.7. The van der Waals surface area contributed by atoms with E-state index in [-0.39, 0.29) is 20.1 Å². The summed E-state index contributed by atoms with van der Waals surface area (Å²) in [5.74, 6) is 0.998. The molecule has 45 heavy (non-hydrogen) atoms. The Morgan fingerprint density at radius 1 is 0.711 bits per heavy atom. The fourth-order valence-corrected chi connectivity index (χ4v) is 5.60. The molecule has 3 aromatic heterocycles. The number of hydrogen-bond acceptors (Lipinski definition) is 3. The topological polar surface area (TPSA) is 38.9 Å². The number of para-hydroxylation sites is 1. The number of nitrogens with zero attached hydrogens (tertiary/aromatic N) is 2. The van der Waals surface area contributed by atoms with Crippen molar-refractivity contribution in [3.63, 3.8) is 0 Å². The standard InChI is InChI=1S/C24H26N.C17H10NO.Ir/c1-17(2)13-23-15-24(25-16-18(23)3)22-12-8-11-21(14-22)19(4)20-9-6-5-7-10-20;1-2-10-16-12(6-1)13-7-5-8-14(17(13)19-16)15-9-3-4-11-18-15;/h5-11,14-17,19H,13H2,1-4H3;1-7,9-11H;/q2*-1;. The molecule has 0 bridgehead atoms. The van der Waals surface area contributed by atoms with Crippen LogP contribution in [0.1, 0.15) is 48.9 Å². The van der Waals surface area contributed by atoms with E-state index in [0.717, 1.165) is 50.9 Å². The molecule has 4 aromatic carbocycles. The van der Waals surface area contributed by atoms with Gasteiger partial charge in [0.2, 0.25) is 0 Å². The second kappa shape index (κ2) is 14.6. The molecule has 1 atom stereocenters. The minimum absolute atomic E-state index is 0. The van der Waals surface area contributed by atoms with Crippen molar-refractivity contribution in [2.75, 3.05) is 0 Å². The summed E-state index contributed by atoms with van der Waals surface area (Å²) in [6, 6.07) is 43.7. The van der Waals surface area contributed by atoms with Crippen molar-refractivity contribution >= 4 is 21.9 Å². The predicted octanol–water partition coefficient (Wildman–Crippen LogP) is 10.7. The van der Waals surface area contributed by atoms with E-state index in [4.69, 9.17) is 4.42 Å². The van der Waals surface area contributed by atoms with Gasteiger partial charge in [0.1, 0.15) is 5.58 Å². The zero-order chi connectivity index (χ0) is 30.5. The molecule has 0 saturated heterocycles. The maximum atomic E-state index is 5.97. The van der Waals surface area contributed by atoms with Crippen molar-refractivity contribution in [1.29, 1.82) is 0 Å². The first-order valence-corrected chi connectivity index (χ1v) is 15.2. The van der Waals surface area contributed by atoms with Crippen molar-refractivity contribution in [3.8, 4) is 22.5 Å². The molecular weight excluding hydrogens is 729 g/mol. The van der Waals surface area contributed by atoms with Crippen LogP contribution in [0.3, 0.4) is 0 Å². The smallest absolute Gasteiger partial charge is 0.120 e. The summed E-state index contributed by atoms with van der Waals surface area (Å²) >= 11 is 0. The van der Waals surface area contributed by atoms with E-state index < -0.39 is 0 Å². The number of hydrogen-bond donors (Lipinski definition) is 0. The van der Waals surface area contributed by atoms with Crippen LogP contribution in [-0.2, 0) is 26.5 Å². The molecule has 4 heteroatoms. The predicted molar refractivity (Wildman–Crippen MR) is 182 cm³/mol. The van der Waals surface area contributed by atoms with E-state index >= 15 is 0 Å². The van der Waals surface area contributed by atoms with Crippen LogP contribution < -0.4 is 0 Å². The summed E-state index contributed by atoms with van der Waals surface area (Å²) in [5, 5.41) is 2.23. The number of benzene rings is 4. The molecule has 227 valence electrons. The van der Waals surface area contributed by atoms with E-state index in [0.29, 0.717) is 11.8 Å². The van der Waals surface area contributed by atoms with Gasteiger partial charge in [-0.2, -0.15) is 0 Å². The second-order valence-electron chi connectivity index (χ2n) is 11.7. The molecule has 0 spiro atoms. The Kier molecular flexibility index (Phi) is 10.4. The average Bonchev–Trinajstić information content (AvgIpc) is 3.45. The molecule has 7 rings (SSSR count). The number of pyridine rings is 2. The van der Waals surface area contributed by atoms with E-state index in [9.17, 15) is 0 Å². The Morgan fingerprint density at radius 3 is 2.24 bits per heavy atom. The van der Waals surface area contributed by atoms with Gasteiger partial charge in [0, 0.05) is 37.9 Å². The summed E-state index contributed by atoms with van der Waals surface area (Å²) < 4.78 is 5.97. The molecule has 3 nitrogen and oxygen atoms in total. The van der Waals surface area contributed by atoms with Crippen molar-refractivity contribution in [2.24, 2.45) is 5.92 Å². The molecule has 0 aliphatic carbocycles. The first kappa shape index (κ1) is 32.0. The van der Waals surface area contributed by atoms with Crippen LogP contribution in [-0.4, -0.2) is 9.97 Å². The third-order valence-electron chi connectivity index (χ3n) is 8.00. The van der Waals surface area contributed by atoms with Crippen molar-refractivity contribution in [2.45, 2.75) is 40.0 Å². The fourth-order valence-electron chi connectivity index (χ4n) is 5.60. The number of rotatable bonds is 6. The summed E-state index contributed by atoms with van der Waals surface area (Å²) in [6.07, 6.45) is 4.86. The van der Waals surface area contributed by atoms with Gasteiger partial charge in [0.25, 0.3) is 0 Å². The van der Waals surface area contributed by atoms with Crippen LogP contribution in [0.4, 0.5) is 0 Å². The summed E-state index contributed by atoms with van der Waals surface area (Å²) in [5.41, 5.74) is 10.9. The van der Waals surface area contributed by atoms with Gasteiger partial charge >= 0.3 is 0 Å². The molecule has 1 radical (unpaired) electrons. The molecule has 0 fully saturated rings. The Labute approximate surface area is 279 Å². The van der Waals surface area contributed by atoms with E-state index in [2.05, 4.69) is 104 Å². The minimum atomic E-state index is 0. The molecule has 0 saturated carbocycles. The van der Waals surface area contributed by atoms with Crippen LogP contribution in [0.5, 0.6) is 0 Å². The molecule has 3 heterocycles. The van der Waals surface area contributed by atoms with Gasteiger partial charge in [-0.1, -0.05) is 104 Å². The Balaban J connectivity index is 0.000000179. The number of furan rings is 1. The van der Waals surface area contributed by atoms with Crippen LogP contribution >= 0.6 is 0 Å². The van der Waals surface area contributed by atoms with Gasteiger partial charge < -0.3 is 14.4 Å². The van der Waals surface area contributed by atoms with E-state index in [1.54, 1.807) is 6.20 Å². The summed E-state index contributed by atoms with van der Waals surface area (Å²) in [7, 11) is 0. The minimum Gasteiger partial charge on any atom is -0.501 e. The van der Waals surface area contributed by atoms with Crippen LogP contribution in [0.15, 0.2) is 126 Å². The normalized spacial score (nSPS) is 11.6. The SMILES string of the molecule is Cc1cnc(-c2[c-]ccc(C(C)c3ccccc3)c2)cc1CC(C)C.[Ir].[c-]1ccc2c(oc3ccccc32)c1-c1ccccn1. The molecule has 0 aliphatic heterocycles. The number of aromatic nitrogens is 2. The Bertz CT molecular complexity index is 2000. The molecule has 0 amide bonds. The van der Waals surface area contributed by atoms with Crippen molar-refractivity contribution in [1.82, 2.24) is 9.97 Å². The van der Waals surface area contributed by atoms with Crippen molar-refractivity contribution in [3.05, 3.63) is 156 Å². The third-order valence-corrected chi connectivity index (χ3v) is 8.00. The van der Waals surface area contributed by atoms with Gasteiger partial charge in [-0.15, -0.1) is 53.6 Å². The largest absolute Gasteiger partial charge is 0.501 e. The van der Waals surface area contributed by atoms with Gasteiger partial charge in [-0.05, 0) is 59.8 Å². The molecule has 0 aliphatic rings. The van der Waals surface area contributed by atoms with Crippen LogP contribution in [0.25, 0.3) is 44.5 Å². The third kappa shape index (κ3) is 7.31.